The van der Waals surface area contributed by atoms with Crippen molar-refractivity contribution in [1.82, 2.24) is 31.5 Å². The van der Waals surface area contributed by atoms with Crippen LogP contribution in [0.1, 0.15) is 64.9 Å². The molecular formula is C32H50N6O7. The average Bonchev–Trinajstić information content (AvgIpc) is 3.53. The minimum absolute atomic E-state index is 0.0306. The summed E-state index contributed by atoms with van der Waals surface area (Å²) in [5.41, 5.74) is 0.631. The van der Waals surface area contributed by atoms with Crippen LogP contribution < -0.4 is 31.3 Å². The lowest BCUT2D eigenvalue weighted by Crippen LogP contribution is -2.57. The highest BCUT2D eigenvalue weighted by molar-refractivity contribution is 5.92. The Morgan fingerprint density at radius 3 is 2.40 bits per heavy atom. The molecule has 0 unspecified atom stereocenters. The van der Waals surface area contributed by atoms with Gasteiger partial charge < -0.3 is 41.3 Å². The van der Waals surface area contributed by atoms with Crippen LogP contribution in [0.3, 0.4) is 0 Å². The van der Waals surface area contributed by atoms with E-state index < -0.39 is 35.9 Å². The third-order valence-corrected chi connectivity index (χ3v) is 7.81. The van der Waals surface area contributed by atoms with Gasteiger partial charge in [0.2, 0.25) is 23.6 Å². The standard InChI is InChI=1S/C32H50N6O7/c1-21(2)17-26-30(42)37-29(22(3)39)31(43)35-12-4-5-15-38(32(44)25-11-7-13-33-25)16-8-14-34-28(41)20-45-24-10-6-9-23(18-24)19-27(40)36-26/h6,9-10,18,21-22,25-26,29,33,39H,4-5,7-8,11-17,19-20H2,1-3H3,(H,34,41)(H,35,43)(H,36,40)(H,37,42)/t22-,25+,26-,29+/m1/s1. The van der Waals surface area contributed by atoms with E-state index in [-0.39, 0.29) is 36.8 Å². The number of hydrogen-bond donors (Lipinski definition) is 6. The van der Waals surface area contributed by atoms with Gasteiger partial charge in [0.15, 0.2) is 6.61 Å². The first-order chi connectivity index (χ1) is 21.5. The highest BCUT2D eigenvalue weighted by atomic mass is 16.5. The zero-order valence-corrected chi connectivity index (χ0v) is 26.7. The van der Waals surface area contributed by atoms with E-state index in [1.54, 1.807) is 29.2 Å². The number of carbonyl (C=O) groups is 5. The van der Waals surface area contributed by atoms with Gasteiger partial charge in [-0.1, -0.05) is 26.0 Å². The van der Waals surface area contributed by atoms with Gasteiger partial charge in [-0.15, -0.1) is 0 Å². The first-order valence-electron chi connectivity index (χ1n) is 16.1. The Hall–Kier alpha value is -3.71. The molecule has 0 spiro atoms. The van der Waals surface area contributed by atoms with Gasteiger partial charge in [-0.25, -0.2) is 0 Å². The fourth-order valence-electron chi connectivity index (χ4n) is 5.43. The summed E-state index contributed by atoms with van der Waals surface area (Å²) in [4.78, 5) is 66.6. The molecule has 1 aromatic rings. The topological polar surface area (TPSA) is 178 Å². The third-order valence-electron chi connectivity index (χ3n) is 7.81. The van der Waals surface area contributed by atoms with Crippen molar-refractivity contribution in [2.45, 2.75) is 89.9 Å². The second kappa shape index (κ2) is 18.3. The number of aliphatic hydroxyl groups excluding tert-OH is 1. The Labute approximate surface area is 265 Å². The van der Waals surface area contributed by atoms with Gasteiger partial charge in [0.1, 0.15) is 17.8 Å². The van der Waals surface area contributed by atoms with Gasteiger partial charge in [-0.3, -0.25) is 24.0 Å². The molecule has 2 heterocycles. The molecule has 1 fully saturated rings. The summed E-state index contributed by atoms with van der Waals surface area (Å²) in [6.45, 7) is 7.51. The lowest BCUT2D eigenvalue weighted by Gasteiger charge is -2.26. The molecule has 1 aromatic carbocycles. The van der Waals surface area contributed by atoms with Crippen LogP contribution >= 0.6 is 0 Å². The first-order valence-corrected chi connectivity index (χ1v) is 16.1. The van der Waals surface area contributed by atoms with E-state index in [0.29, 0.717) is 63.2 Å². The largest absolute Gasteiger partial charge is 0.484 e. The predicted octanol–water partition coefficient (Wildman–Crippen LogP) is 0.00130. The normalized spacial score (nSPS) is 24.4. The smallest absolute Gasteiger partial charge is 0.257 e. The Balaban J connectivity index is 1.74. The SMILES string of the molecule is CC(C)C[C@H]1NC(=O)Cc2cccc(c2)OCC(=O)NCCCN(C(=O)[C@@H]2CCCN2)CCCCNC(=O)[C@H]([C@@H](C)O)NC1=O. The van der Waals surface area contributed by atoms with Crippen LogP contribution in [-0.4, -0.2) is 103 Å². The lowest BCUT2D eigenvalue weighted by atomic mass is 10.0. The Morgan fingerprint density at radius 2 is 1.69 bits per heavy atom. The summed E-state index contributed by atoms with van der Waals surface area (Å²) < 4.78 is 5.65. The zero-order valence-electron chi connectivity index (χ0n) is 26.7. The number of nitrogens with zero attached hydrogens (tertiary/aromatic N) is 1. The number of benzene rings is 1. The molecule has 2 bridgehead atoms. The van der Waals surface area contributed by atoms with Crippen LogP contribution in [0.25, 0.3) is 0 Å². The molecular weight excluding hydrogens is 580 g/mol. The van der Waals surface area contributed by atoms with Crippen LogP contribution in [-0.2, 0) is 30.4 Å². The molecule has 3 rings (SSSR count). The number of ether oxygens (including phenoxy) is 1. The number of rotatable bonds is 4. The Morgan fingerprint density at radius 1 is 0.933 bits per heavy atom. The Bertz CT molecular complexity index is 1150. The van der Waals surface area contributed by atoms with Gasteiger partial charge in [-0.2, -0.15) is 0 Å². The van der Waals surface area contributed by atoms with E-state index in [4.69, 9.17) is 4.74 Å². The quantitative estimate of drug-likeness (QED) is 0.269. The molecule has 0 aliphatic carbocycles. The summed E-state index contributed by atoms with van der Waals surface area (Å²) >= 11 is 0. The molecule has 13 heteroatoms. The molecule has 6 N–H and O–H groups in total. The molecule has 4 atom stereocenters. The van der Waals surface area contributed by atoms with E-state index >= 15 is 0 Å². The van der Waals surface area contributed by atoms with Crippen LogP contribution in [0.4, 0.5) is 0 Å². The highest BCUT2D eigenvalue weighted by Crippen LogP contribution is 2.15. The van der Waals surface area contributed by atoms with Crippen LogP contribution in [0, 0.1) is 5.92 Å². The maximum Gasteiger partial charge on any atom is 0.257 e. The minimum atomic E-state index is -1.20. The molecule has 13 nitrogen and oxygen atoms in total. The van der Waals surface area contributed by atoms with Crippen molar-refractivity contribution in [3.63, 3.8) is 0 Å². The molecule has 0 aromatic heterocycles. The van der Waals surface area contributed by atoms with E-state index in [1.165, 1.54) is 6.92 Å². The number of hydrogen-bond acceptors (Lipinski definition) is 8. The zero-order chi connectivity index (χ0) is 32.8. The van der Waals surface area contributed by atoms with Crippen molar-refractivity contribution in [3.05, 3.63) is 29.8 Å². The van der Waals surface area contributed by atoms with Crippen molar-refractivity contribution >= 4 is 29.5 Å². The van der Waals surface area contributed by atoms with E-state index in [9.17, 15) is 29.1 Å². The highest BCUT2D eigenvalue weighted by Gasteiger charge is 2.30. The van der Waals surface area contributed by atoms with Crippen molar-refractivity contribution in [3.8, 4) is 5.75 Å². The third kappa shape index (κ3) is 12.3. The number of amides is 5. The number of carbonyl (C=O) groups excluding carboxylic acids is 5. The van der Waals surface area contributed by atoms with Gasteiger partial charge in [-0.05, 0) is 75.6 Å². The Kier molecular flexibility index (Phi) is 14.5. The summed E-state index contributed by atoms with van der Waals surface area (Å²) in [6, 6.07) is 4.48. The van der Waals surface area contributed by atoms with Crippen molar-refractivity contribution in [2.75, 3.05) is 39.3 Å². The molecule has 250 valence electrons. The van der Waals surface area contributed by atoms with Crippen LogP contribution in [0.15, 0.2) is 24.3 Å². The second-order valence-corrected chi connectivity index (χ2v) is 12.3. The number of aliphatic hydroxyl groups is 1. The van der Waals surface area contributed by atoms with E-state index in [0.717, 1.165) is 19.4 Å². The van der Waals surface area contributed by atoms with E-state index in [2.05, 4.69) is 26.6 Å². The van der Waals surface area contributed by atoms with Gasteiger partial charge in [0, 0.05) is 26.2 Å². The van der Waals surface area contributed by atoms with Gasteiger partial charge >= 0.3 is 0 Å². The minimum Gasteiger partial charge on any atom is -0.484 e. The maximum absolute atomic E-state index is 13.3. The molecule has 0 saturated carbocycles. The van der Waals surface area contributed by atoms with Crippen molar-refractivity contribution in [1.29, 1.82) is 0 Å². The molecule has 2 aliphatic rings. The lowest BCUT2D eigenvalue weighted by molar-refractivity contribution is -0.134. The molecule has 1 saturated heterocycles. The van der Waals surface area contributed by atoms with Crippen LogP contribution in [0.2, 0.25) is 0 Å². The van der Waals surface area contributed by atoms with Crippen LogP contribution in [0.5, 0.6) is 5.75 Å². The fraction of sp³-hybridized carbons (Fsp3) is 0.656. The summed E-state index contributed by atoms with van der Waals surface area (Å²) in [5.74, 6) is -1.26. The average molecular weight is 631 g/mol. The van der Waals surface area contributed by atoms with Gasteiger partial charge in [0.05, 0.1) is 18.6 Å². The first kappa shape index (κ1) is 35.8. The van der Waals surface area contributed by atoms with Crippen molar-refractivity contribution < 1.29 is 33.8 Å². The summed E-state index contributed by atoms with van der Waals surface area (Å²) in [7, 11) is 0. The molecule has 45 heavy (non-hydrogen) atoms. The maximum atomic E-state index is 13.3. The summed E-state index contributed by atoms with van der Waals surface area (Å²) in [5, 5.41) is 24.6. The summed E-state index contributed by atoms with van der Waals surface area (Å²) in [6.07, 6.45) is 2.64. The predicted molar refractivity (Wildman–Crippen MR) is 168 cm³/mol. The molecule has 2 aliphatic heterocycles. The molecule has 5 amide bonds. The monoisotopic (exact) mass is 630 g/mol. The fourth-order valence-corrected chi connectivity index (χ4v) is 5.43. The number of fused-ring (bicyclic) bond motifs is 2. The second-order valence-electron chi connectivity index (χ2n) is 12.3. The van der Waals surface area contributed by atoms with Crippen molar-refractivity contribution in [2.24, 2.45) is 5.92 Å². The van der Waals surface area contributed by atoms with Gasteiger partial charge in [0.25, 0.3) is 5.91 Å². The number of nitrogens with one attached hydrogen (secondary N) is 5. The molecule has 0 radical (unpaired) electrons. The van der Waals surface area contributed by atoms with E-state index in [1.807, 2.05) is 13.8 Å².